The molecule has 0 aliphatic rings. The molecule has 0 atom stereocenters. The molecular formula is C23H19N5O6. The summed E-state index contributed by atoms with van der Waals surface area (Å²) in [7, 11) is 0. The van der Waals surface area contributed by atoms with E-state index in [1.54, 1.807) is 24.3 Å². The van der Waals surface area contributed by atoms with Crippen molar-refractivity contribution in [3.05, 3.63) is 93.5 Å². The van der Waals surface area contributed by atoms with Gasteiger partial charge in [0.15, 0.2) is 0 Å². The predicted molar refractivity (Wildman–Crippen MR) is 125 cm³/mol. The summed E-state index contributed by atoms with van der Waals surface area (Å²) in [6.45, 7) is 1.91. The molecule has 3 rings (SSSR count). The number of phenolic OH excluding ortho intramolecular Hbond substituents is 1. The number of para-hydroxylation sites is 1. The Morgan fingerprint density at radius 2 is 1.68 bits per heavy atom. The highest BCUT2D eigenvalue weighted by molar-refractivity contribution is 6.40. The first-order valence-electron chi connectivity index (χ1n) is 9.83. The largest absolute Gasteiger partial charge is 0.507 e. The summed E-state index contributed by atoms with van der Waals surface area (Å²) in [5, 5.41) is 29.2. The molecular weight excluding hydrogens is 442 g/mol. The lowest BCUT2D eigenvalue weighted by molar-refractivity contribution is -0.384. The first kappa shape index (κ1) is 23.6. The first-order valence-corrected chi connectivity index (χ1v) is 9.83. The average molecular weight is 461 g/mol. The lowest BCUT2D eigenvalue weighted by Gasteiger charge is -2.11. The van der Waals surface area contributed by atoms with E-state index in [1.807, 2.05) is 24.5 Å². The van der Waals surface area contributed by atoms with Gasteiger partial charge in [-0.15, -0.1) is 0 Å². The van der Waals surface area contributed by atoms with E-state index in [9.17, 15) is 29.6 Å². The third kappa shape index (κ3) is 6.01. The Balaban J connectivity index is 1.65. The van der Waals surface area contributed by atoms with Crippen molar-refractivity contribution in [2.45, 2.75) is 6.92 Å². The molecule has 0 unspecified atom stereocenters. The van der Waals surface area contributed by atoms with E-state index in [2.05, 4.69) is 15.7 Å². The van der Waals surface area contributed by atoms with Crippen LogP contribution in [0.1, 0.15) is 21.5 Å². The van der Waals surface area contributed by atoms with Gasteiger partial charge in [0, 0.05) is 23.4 Å². The molecule has 0 aromatic heterocycles. The molecule has 0 saturated heterocycles. The average Bonchev–Trinajstić information content (AvgIpc) is 2.81. The summed E-state index contributed by atoms with van der Waals surface area (Å²) in [4.78, 5) is 47.2. The van der Waals surface area contributed by atoms with Crippen LogP contribution in [0.5, 0.6) is 5.75 Å². The van der Waals surface area contributed by atoms with Gasteiger partial charge < -0.3 is 15.7 Å². The number of nitrogens with one attached hydrogen (secondary N) is 3. The van der Waals surface area contributed by atoms with Crippen LogP contribution in [0, 0.1) is 17.0 Å². The third-order valence-corrected chi connectivity index (χ3v) is 4.53. The maximum absolute atomic E-state index is 12.6. The Bertz CT molecular complexity index is 1290. The number of carbonyl (C=O) groups is 3. The molecule has 11 heteroatoms. The lowest BCUT2D eigenvalue weighted by atomic mass is 10.1. The van der Waals surface area contributed by atoms with Gasteiger partial charge >= 0.3 is 11.8 Å². The fraction of sp³-hybridized carbons (Fsp3) is 0.0435. The number of phenols is 1. The van der Waals surface area contributed by atoms with E-state index < -0.39 is 22.6 Å². The zero-order valence-electron chi connectivity index (χ0n) is 17.8. The Morgan fingerprint density at radius 1 is 0.971 bits per heavy atom. The molecule has 4 N–H and O–H groups in total. The Morgan fingerprint density at radius 3 is 2.38 bits per heavy atom. The van der Waals surface area contributed by atoms with Crippen LogP contribution in [0.2, 0.25) is 0 Å². The number of rotatable bonds is 6. The minimum Gasteiger partial charge on any atom is -0.507 e. The molecule has 0 heterocycles. The molecule has 11 nitrogen and oxygen atoms in total. The van der Waals surface area contributed by atoms with Gasteiger partial charge in [0.05, 0.1) is 22.4 Å². The Hall–Kier alpha value is -5.06. The number of aromatic hydroxyl groups is 1. The minimum atomic E-state index is -1.16. The summed E-state index contributed by atoms with van der Waals surface area (Å²) < 4.78 is 0. The number of anilines is 2. The molecule has 3 aromatic rings. The van der Waals surface area contributed by atoms with E-state index in [0.717, 1.165) is 30.0 Å². The van der Waals surface area contributed by atoms with Crippen LogP contribution in [0.15, 0.2) is 71.8 Å². The zero-order chi connectivity index (χ0) is 24.7. The summed E-state index contributed by atoms with van der Waals surface area (Å²) in [5.74, 6) is -3.05. The molecule has 0 saturated carbocycles. The van der Waals surface area contributed by atoms with Crippen molar-refractivity contribution < 1.29 is 24.4 Å². The summed E-state index contributed by atoms with van der Waals surface area (Å²) in [6.07, 6.45) is 0.955. The Labute approximate surface area is 193 Å². The van der Waals surface area contributed by atoms with Crippen LogP contribution in [0.25, 0.3) is 0 Å². The maximum atomic E-state index is 12.6. The number of non-ortho nitro benzene ring substituents is 1. The van der Waals surface area contributed by atoms with Crippen LogP contribution in [0.4, 0.5) is 17.1 Å². The standard InChI is InChI=1S/C23H19N5O6/c1-14-6-8-16(9-7-14)25-21(30)18-4-2-3-5-19(18)26-22(31)23(32)27-24-13-15-12-17(28(33)34)10-11-20(15)29/h2-13,29H,1H3,(H,25,30)(H,26,31)(H,27,32). The highest BCUT2D eigenvalue weighted by Gasteiger charge is 2.18. The molecule has 34 heavy (non-hydrogen) atoms. The number of nitrogens with zero attached hydrogens (tertiary/aromatic N) is 2. The topological polar surface area (TPSA) is 163 Å². The highest BCUT2D eigenvalue weighted by atomic mass is 16.6. The normalized spacial score (nSPS) is 10.5. The van der Waals surface area contributed by atoms with E-state index >= 15 is 0 Å². The number of nitro benzene ring substituents is 1. The van der Waals surface area contributed by atoms with Gasteiger partial charge in [-0.2, -0.15) is 5.10 Å². The fourth-order valence-electron chi connectivity index (χ4n) is 2.77. The third-order valence-electron chi connectivity index (χ3n) is 4.53. The number of benzene rings is 3. The molecule has 0 aliphatic carbocycles. The number of aryl methyl sites for hydroxylation is 1. The maximum Gasteiger partial charge on any atom is 0.329 e. The van der Waals surface area contributed by atoms with Crippen LogP contribution in [-0.2, 0) is 9.59 Å². The number of hydrogen-bond acceptors (Lipinski definition) is 7. The quantitative estimate of drug-likeness (QED) is 0.191. The number of hydrogen-bond donors (Lipinski definition) is 4. The molecule has 0 bridgehead atoms. The second-order valence-electron chi connectivity index (χ2n) is 7.02. The summed E-state index contributed by atoms with van der Waals surface area (Å²) in [5.41, 5.74) is 3.46. The van der Waals surface area contributed by atoms with Gasteiger partial charge in [0.25, 0.3) is 11.6 Å². The van der Waals surface area contributed by atoms with Gasteiger partial charge in [-0.05, 0) is 37.3 Å². The van der Waals surface area contributed by atoms with Gasteiger partial charge in [0.1, 0.15) is 5.75 Å². The number of nitro groups is 1. The van der Waals surface area contributed by atoms with Crippen molar-refractivity contribution in [1.29, 1.82) is 0 Å². The molecule has 3 aromatic carbocycles. The van der Waals surface area contributed by atoms with Crippen molar-refractivity contribution in [3.63, 3.8) is 0 Å². The van der Waals surface area contributed by atoms with Gasteiger partial charge in [0.2, 0.25) is 0 Å². The molecule has 3 amide bonds. The summed E-state index contributed by atoms with van der Waals surface area (Å²) in [6, 6.07) is 16.5. The lowest BCUT2D eigenvalue weighted by Crippen LogP contribution is -2.33. The van der Waals surface area contributed by atoms with Crippen molar-refractivity contribution in [2.24, 2.45) is 5.10 Å². The summed E-state index contributed by atoms with van der Waals surface area (Å²) >= 11 is 0. The predicted octanol–water partition coefficient (Wildman–Crippen LogP) is 2.95. The minimum absolute atomic E-state index is 0.0342. The van der Waals surface area contributed by atoms with E-state index in [0.29, 0.717) is 5.69 Å². The molecule has 0 spiro atoms. The Kier molecular flexibility index (Phi) is 7.29. The van der Waals surface area contributed by atoms with Gasteiger partial charge in [-0.1, -0.05) is 29.8 Å². The van der Waals surface area contributed by atoms with E-state index in [1.165, 1.54) is 12.1 Å². The molecule has 172 valence electrons. The van der Waals surface area contributed by atoms with Crippen LogP contribution in [0.3, 0.4) is 0 Å². The van der Waals surface area contributed by atoms with Crippen molar-refractivity contribution >= 4 is 41.0 Å². The zero-order valence-corrected chi connectivity index (χ0v) is 17.8. The number of hydrazone groups is 1. The molecule has 0 radical (unpaired) electrons. The molecule has 0 fully saturated rings. The van der Waals surface area contributed by atoms with Crippen LogP contribution in [-0.4, -0.2) is 34.0 Å². The molecule has 0 aliphatic heterocycles. The van der Waals surface area contributed by atoms with Crippen molar-refractivity contribution in [2.75, 3.05) is 10.6 Å². The number of carbonyl (C=O) groups excluding carboxylic acids is 3. The monoisotopic (exact) mass is 461 g/mol. The first-order chi connectivity index (χ1) is 16.2. The second-order valence-corrected chi connectivity index (χ2v) is 7.02. The fourth-order valence-corrected chi connectivity index (χ4v) is 2.77. The smallest absolute Gasteiger partial charge is 0.329 e. The van der Waals surface area contributed by atoms with Crippen molar-refractivity contribution in [1.82, 2.24) is 5.43 Å². The highest BCUT2D eigenvalue weighted by Crippen LogP contribution is 2.21. The number of amides is 3. The second kappa shape index (κ2) is 10.5. The van der Waals surface area contributed by atoms with Crippen LogP contribution >= 0.6 is 0 Å². The van der Waals surface area contributed by atoms with Gasteiger partial charge in [-0.3, -0.25) is 24.5 Å². The van der Waals surface area contributed by atoms with Crippen molar-refractivity contribution in [3.8, 4) is 5.75 Å². The van der Waals surface area contributed by atoms with Crippen LogP contribution < -0.4 is 16.1 Å². The van der Waals surface area contributed by atoms with Gasteiger partial charge in [-0.25, -0.2) is 5.43 Å². The SMILES string of the molecule is Cc1ccc(NC(=O)c2ccccc2NC(=O)C(=O)NN=Cc2cc([N+](=O)[O-])ccc2O)cc1. The van der Waals surface area contributed by atoms with E-state index in [-0.39, 0.29) is 28.3 Å². The van der Waals surface area contributed by atoms with E-state index in [4.69, 9.17) is 0 Å².